The third-order valence-electron chi connectivity index (χ3n) is 7.68. The van der Waals surface area contributed by atoms with E-state index in [4.69, 9.17) is 18.9 Å². The van der Waals surface area contributed by atoms with Crippen molar-refractivity contribution in [1.82, 2.24) is 0 Å². The minimum atomic E-state index is -1.22. The largest absolute Gasteiger partial charge is 0.508 e. The molecule has 1 fully saturated rings. The molecule has 0 saturated heterocycles. The fraction of sp³-hybridized carbons (Fsp3) is 0.306. The highest BCUT2D eigenvalue weighted by Crippen LogP contribution is 2.38. The molecule has 42 heavy (non-hydrogen) atoms. The molecule has 0 amide bonds. The van der Waals surface area contributed by atoms with Crippen molar-refractivity contribution in [3.05, 3.63) is 108 Å². The average molecular weight is 569 g/mol. The second-order valence-electron chi connectivity index (χ2n) is 10.5. The van der Waals surface area contributed by atoms with Crippen LogP contribution in [0.1, 0.15) is 55.7 Å². The van der Waals surface area contributed by atoms with E-state index in [1.807, 2.05) is 85.8 Å². The van der Waals surface area contributed by atoms with E-state index in [-0.39, 0.29) is 18.0 Å². The Bertz CT molecular complexity index is 1370. The maximum Gasteiger partial charge on any atom is 0.354 e. The van der Waals surface area contributed by atoms with E-state index in [2.05, 4.69) is 6.58 Å². The van der Waals surface area contributed by atoms with Crippen molar-refractivity contribution < 1.29 is 28.8 Å². The minimum absolute atomic E-state index is 0.0123. The first kappa shape index (κ1) is 30.7. The smallest absolute Gasteiger partial charge is 0.354 e. The quantitative estimate of drug-likeness (QED) is 0.0783. The van der Waals surface area contributed by atoms with Gasteiger partial charge in [0.1, 0.15) is 17.2 Å². The summed E-state index contributed by atoms with van der Waals surface area (Å²) >= 11 is 0. The summed E-state index contributed by atoms with van der Waals surface area (Å²) in [5, 5.41) is 9.74. The van der Waals surface area contributed by atoms with Gasteiger partial charge in [-0.15, -0.1) is 0 Å². The zero-order valence-electron chi connectivity index (χ0n) is 24.6. The van der Waals surface area contributed by atoms with E-state index in [9.17, 15) is 9.90 Å². The lowest BCUT2D eigenvalue weighted by atomic mass is 9.76. The van der Waals surface area contributed by atoms with Gasteiger partial charge in [0.2, 0.25) is 5.60 Å². The lowest BCUT2D eigenvalue weighted by Crippen LogP contribution is -2.50. The molecule has 1 aliphatic carbocycles. The number of aromatic hydroxyl groups is 1. The Morgan fingerprint density at radius 1 is 0.905 bits per heavy atom. The molecular weight excluding hydrogens is 528 g/mol. The van der Waals surface area contributed by atoms with E-state index in [0.29, 0.717) is 5.75 Å². The maximum absolute atomic E-state index is 13.0. The summed E-state index contributed by atoms with van der Waals surface area (Å²) in [6.07, 6.45) is 12.5. The second-order valence-corrected chi connectivity index (χ2v) is 10.5. The molecular formula is C36H40O6. The van der Waals surface area contributed by atoms with Crippen molar-refractivity contribution in [2.24, 2.45) is 5.92 Å². The molecule has 0 bridgehead atoms. The predicted octanol–water partition coefficient (Wildman–Crippen LogP) is 8.07. The molecule has 0 spiro atoms. The fourth-order valence-corrected chi connectivity index (χ4v) is 5.25. The molecule has 1 aliphatic rings. The van der Waals surface area contributed by atoms with Crippen LogP contribution in [0.3, 0.4) is 0 Å². The molecule has 0 heterocycles. The van der Waals surface area contributed by atoms with Gasteiger partial charge < -0.3 is 24.1 Å². The number of phenolic OH excluding ortho intramolecular Hbond substituents is 1. The van der Waals surface area contributed by atoms with Gasteiger partial charge in [0.05, 0.1) is 7.11 Å². The molecule has 4 rings (SSSR count). The van der Waals surface area contributed by atoms with Crippen LogP contribution in [-0.4, -0.2) is 37.2 Å². The van der Waals surface area contributed by atoms with Gasteiger partial charge in [-0.2, -0.15) is 0 Å². The van der Waals surface area contributed by atoms with E-state index >= 15 is 0 Å². The van der Waals surface area contributed by atoms with Crippen LogP contribution in [0.5, 0.6) is 17.2 Å². The standard InChI is InChI=1S/C36H40O6/c1-5-36(35(38)40-4,31-9-7-6-8-10-31)42-34-23-17-29(18-24-34)30(25-28-12-19-32(37)20-13-28)16-11-27-14-21-33(22-15-27)41-26(2)39-3/h5,11-26,31,37H,1,6-10H2,2-4H3. The SMILES string of the molecule is C=CC(Oc1ccc(C(C=Cc2ccc(OC(C)OC)cc2)=Cc2ccc(O)cc2)cc1)(C(=O)OC)C1CCCCC1. The normalized spacial score (nSPS) is 16.4. The number of methoxy groups -OCH3 is 2. The fourth-order valence-electron chi connectivity index (χ4n) is 5.25. The van der Waals surface area contributed by atoms with Crippen molar-refractivity contribution in [1.29, 1.82) is 0 Å². The summed E-state index contributed by atoms with van der Waals surface area (Å²) < 4.78 is 22.5. The van der Waals surface area contributed by atoms with Gasteiger partial charge in [-0.3, -0.25) is 0 Å². The summed E-state index contributed by atoms with van der Waals surface area (Å²) in [5.41, 5.74) is 2.64. The van der Waals surface area contributed by atoms with Crippen molar-refractivity contribution in [3.8, 4) is 17.2 Å². The van der Waals surface area contributed by atoms with Crippen molar-refractivity contribution in [2.45, 2.75) is 50.9 Å². The van der Waals surface area contributed by atoms with Crippen molar-refractivity contribution in [2.75, 3.05) is 14.2 Å². The molecule has 220 valence electrons. The van der Waals surface area contributed by atoms with Gasteiger partial charge in [0.15, 0.2) is 6.29 Å². The molecule has 0 aromatic heterocycles. The summed E-state index contributed by atoms with van der Waals surface area (Å²) in [4.78, 5) is 13.0. The zero-order valence-corrected chi connectivity index (χ0v) is 24.6. The second kappa shape index (κ2) is 14.6. The summed E-state index contributed by atoms with van der Waals surface area (Å²) in [5.74, 6) is 1.11. The van der Waals surface area contributed by atoms with Gasteiger partial charge in [-0.25, -0.2) is 4.79 Å². The molecule has 1 saturated carbocycles. The van der Waals surface area contributed by atoms with Crippen LogP contribution in [-0.2, 0) is 14.3 Å². The number of hydrogen-bond acceptors (Lipinski definition) is 6. The Balaban J connectivity index is 1.61. The van der Waals surface area contributed by atoms with Gasteiger partial charge in [0, 0.05) is 13.0 Å². The molecule has 3 aromatic rings. The zero-order chi connectivity index (χ0) is 30.0. The lowest BCUT2D eigenvalue weighted by molar-refractivity contribution is -0.160. The molecule has 3 aromatic carbocycles. The topological polar surface area (TPSA) is 74.2 Å². The number of ether oxygens (including phenoxy) is 4. The van der Waals surface area contributed by atoms with E-state index in [0.717, 1.165) is 60.1 Å². The number of esters is 1. The third-order valence-corrected chi connectivity index (χ3v) is 7.68. The first-order valence-electron chi connectivity index (χ1n) is 14.4. The molecule has 6 nitrogen and oxygen atoms in total. The van der Waals surface area contributed by atoms with E-state index < -0.39 is 11.6 Å². The van der Waals surface area contributed by atoms with E-state index in [1.165, 1.54) is 7.11 Å². The Hall–Kier alpha value is -4.29. The summed E-state index contributed by atoms with van der Waals surface area (Å²) in [7, 11) is 3.00. The molecule has 2 unspecified atom stereocenters. The van der Waals surface area contributed by atoms with Gasteiger partial charge >= 0.3 is 5.97 Å². The number of benzene rings is 3. The molecule has 0 aliphatic heterocycles. The highest BCUT2D eigenvalue weighted by Gasteiger charge is 2.47. The summed E-state index contributed by atoms with van der Waals surface area (Å²) in [6, 6.07) is 22.5. The van der Waals surface area contributed by atoms with Crippen molar-refractivity contribution in [3.63, 3.8) is 0 Å². The van der Waals surface area contributed by atoms with Crippen LogP contribution < -0.4 is 9.47 Å². The van der Waals surface area contributed by atoms with Crippen LogP contribution in [0, 0.1) is 5.92 Å². The first-order chi connectivity index (χ1) is 20.4. The van der Waals surface area contributed by atoms with Crippen LogP contribution in [0.15, 0.2) is 91.5 Å². The van der Waals surface area contributed by atoms with Crippen LogP contribution >= 0.6 is 0 Å². The van der Waals surface area contributed by atoms with E-state index in [1.54, 1.807) is 25.3 Å². The Kier molecular flexibility index (Phi) is 10.6. The molecule has 0 radical (unpaired) electrons. The highest BCUT2D eigenvalue weighted by atomic mass is 16.7. The number of carbonyl (C=O) groups excluding carboxylic acids is 1. The van der Waals surface area contributed by atoms with Crippen LogP contribution in [0.25, 0.3) is 17.7 Å². The summed E-state index contributed by atoms with van der Waals surface area (Å²) in [6.45, 7) is 5.81. The Morgan fingerprint density at radius 3 is 2.12 bits per heavy atom. The first-order valence-corrected chi connectivity index (χ1v) is 14.4. The molecule has 6 heteroatoms. The number of hydrogen-bond donors (Lipinski definition) is 1. The number of carbonyl (C=O) groups is 1. The predicted molar refractivity (Wildman–Crippen MR) is 167 cm³/mol. The number of rotatable bonds is 12. The number of phenols is 1. The molecule has 1 N–H and O–H groups in total. The van der Waals surface area contributed by atoms with Crippen molar-refractivity contribution >= 4 is 23.7 Å². The van der Waals surface area contributed by atoms with Gasteiger partial charge in [-0.1, -0.05) is 74.4 Å². The monoisotopic (exact) mass is 568 g/mol. The third kappa shape index (κ3) is 7.71. The van der Waals surface area contributed by atoms with Gasteiger partial charge in [-0.05, 0) is 90.6 Å². The average Bonchev–Trinajstić information content (AvgIpc) is 3.04. The molecule has 2 atom stereocenters. The number of allylic oxidation sites excluding steroid dienone is 2. The Morgan fingerprint density at radius 2 is 1.52 bits per heavy atom. The Labute approximate surface area is 248 Å². The van der Waals surface area contributed by atoms with Gasteiger partial charge in [0.25, 0.3) is 0 Å². The minimum Gasteiger partial charge on any atom is -0.508 e. The lowest BCUT2D eigenvalue weighted by Gasteiger charge is -2.38. The van der Waals surface area contributed by atoms with Crippen LogP contribution in [0.4, 0.5) is 0 Å². The van der Waals surface area contributed by atoms with Crippen LogP contribution in [0.2, 0.25) is 0 Å². The maximum atomic E-state index is 13.0. The highest BCUT2D eigenvalue weighted by molar-refractivity contribution is 5.90.